The third-order valence-corrected chi connectivity index (χ3v) is 1.49. The maximum absolute atomic E-state index is 9.60. The van der Waals surface area contributed by atoms with Crippen LogP contribution in [0.5, 0.6) is 0 Å². The van der Waals surface area contributed by atoms with Gasteiger partial charge in [0.25, 0.3) is 0 Å². The van der Waals surface area contributed by atoms with Gasteiger partial charge in [-0.2, -0.15) is 0 Å². The molecule has 0 radical (unpaired) electrons. The molecule has 98 valence electrons. The first kappa shape index (κ1) is 18.1. The Bertz CT molecular complexity index is 339. The highest BCUT2D eigenvalue weighted by Gasteiger charge is 1.82. The first-order valence-electron chi connectivity index (χ1n) is 5.45. The highest BCUT2D eigenvalue weighted by molar-refractivity contribution is 5.64. The van der Waals surface area contributed by atoms with E-state index < -0.39 is 6.09 Å². The predicted molar refractivity (Wildman–Crippen MR) is 78.1 cm³/mol. The lowest BCUT2D eigenvalue weighted by molar-refractivity contribution is 0.163. The van der Waals surface area contributed by atoms with Crippen LogP contribution in [0.2, 0.25) is 0 Å². The Morgan fingerprint density at radius 1 is 1.22 bits per heavy atom. The van der Waals surface area contributed by atoms with Gasteiger partial charge in [0, 0.05) is 0 Å². The second kappa shape index (κ2) is 14.7. The molecule has 1 aromatic carbocycles. The number of primary amides is 1. The fourth-order valence-corrected chi connectivity index (χ4v) is 0.731. The summed E-state index contributed by atoms with van der Waals surface area (Å²) in [5.41, 5.74) is 5.72. The molecule has 0 bridgehead atoms. The Morgan fingerprint density at radius 3 is 1.89 bits per heavy atom. The van der Waals surface area contributed by atoms with Crippen LogP contribution < -0.4 is 5.73 Å². The van der Waals surface area contributed by atoms with Gasteiger partial charge in [-0.25, -0.2) is 4.79 Å². The molecule has 0 aliphatic heterocycles. The number of hydrogen-bond donors (Lipinski definition) is 1. The molecule has 0 fully saturated rings. The quantitative estimate of drug-likeness (QED) is 0.826. The molecule has 0 saturated heterocycles. The summed E-state index contributed by atoms with van der Waals surface area (Å²) >= 11 is 0. The zero-order valence-electron chi connectivity index (χ0n) is 10.8. The van der Waals surface area contributed by atoms with E-state index in [9.17, 15) is 4.79 Å². The van der Waals surface area contributed by atoms with Crippen molar-refractivity contribution >= 4 is 12.2 Å². The molecule has 0 atom stereocenters. The zero-order valence-corrected chi connectivity index (χ0v) is 10.8. The van der Waals surface area contributed by atoms with Crippen molar-refractivity contribution in [2.24, 2.45) is 5.73 Å². The molecule has 1 aromatic rings. The van der Waals surface area contributed by atoms with Gasteiger partial charge in [0.15, 0.2) is 0 Å². The normalized spacial score (nSPS) is 7.39. The molecule has 0 heterocycles. The zero-order chi connectivity index (χ0) is 14.2. The average molecular weight is 247 g/mol. The van der Waals surface area contributed by atoms with E-state index in [1.54, 1.807) is 19.1 Å². The second-order valence-corrected chi connectivity index (χ2v) is 2.84. The minimum Gasteiger partial charge on any atom is -0.450 e. The minimum absolute atomic E-state index is 0.356. The molecule has 2 N–H and O–H groups in total. The van der Waals surface area contributed by atoms with E-state index in [4.69, 9.17) is 0 Å². The summed E-state index contributed by atoms with van der Waals surface area (Å²) in [6.45, 7) is 12.4. The van der Waals surface area contributed by atoms with Crippen LogP contribution >= 0.6 is 0 Å². The summed E-state index contributed by atoms with van der Waals surface area (Å²) in [4.78, 5) is 9.60. The third-order valence-electron chi connectivity index (χ3n) is 1.49. The highest BCUT2D eigenvalue weighted by Crippen LogP contribution is 1.97. The van der Waals surface area contributed by atoms with Crippen LogP contribution in [-0.2, 0) is 4.74 Å². The van der Waals surface area contributed by atoms with Crippen molar-refractivity contribution < 1.29 is 9.53 Å². The van der Waals surface area contributed by atoms with E-state index in [-0.39, 0.29) is 0 Å². The van der Waals surface area contributed by atoms with Crippen LogP contribution in [0.25, 0.3) is 6.08 Å². The molecular formula is C15H21NO2. The smallest absolute Gasteiger partial charge is 0.404 e. The van der Waals surface area contributed by atoms with Gasteiger partial charge in [0.2, 0.25) is 0 Å². The Hall–Kier alpha value is -2.29. The van der Waals surface area contributed by atoms with Crippen molar-refractivity contribution in [2.75, 3.05) is 6.61 Å². The van der Waals surface area contributed by atoms with Crippen LogP contribution in [0.15, 0.2) is 62.2 Å². The summed E-state index contributed by atoms with van der Waals surface area (Å²) < 4.78 is 4.18. The van der Waals surface area contributed by atoms with Crippen molar-refractivity contribution in [1.29, 1.82) is 0 Å². The SMILES string of the molecule is C=CC=C.C=Cc1ccccc1.CCOC(N)=O. The number of carbonyl (C=O) groups excluding carboxylic acids is 1. The maximum atomic E-state index is 9.60. The average Bonchev–Trinajstić information content (AvgIpc) is 2.40. The molecule has 0 aromatic heterocycles. The molecule has 0 spiro atoms. The van der Waals surface area contributed by atoms with Crippen molar-refractivity contribution in [1.82, 2.24) is 0 Å². The molecule has 18 heavy (non-hydrogen) atoms. The summed E-state index contributed by atoms with van der Waals surface area (Å²) in [7, 11) is 0. The van der Waals surface area contributed by atoms with E-state index in [1.807, 2.05) is 36.4 Å². The number of ether oxygens (including phenoxy) is 1. The van der Waals surface area contributed by atoms with E-state index in [0.29, 0.717) is 6.61 Å². The molecule has 3 nitrogen and oxygen atoms in total. The van der Waals surface area contributed by atoms with Crippen molar-refractivity contribution in [3.63, 3.8) is 0 Å². The number of carbonyl (C=O) groups is 1. The van der Waals surface area contributed by atoms with Crippen molar-refractivity contribution in [3.8, 4) is 0 Å². The lowest BCUT2D eigenvalue weighted by Crippen LogP contribution is -2.11. The van der Waals surface area contributed by atoms with Gasteiger partial charge >= 0.3 is 6.09 Å². The van der Waals surface area contributed by atoms with Crippen molar-refractivity contribution in [3.05, 3.63) is 67.8 Å². The predicted octanol–water partition coefficient (Wildman–Crippen LogP) is 3.79. The Balaban J connectivity index is 0. The number of rotatable bonds is 3. The largest absolute Gasteiger partial charge is 0.450 e. The first-order valence-corrected chi connectivity index (χ1v) is 5.45. The molecule has 1 rings (SSSR count). The first-order chi connectivity index (χ1) is 8.62. The Morgan fingerprint density at radius 2 is 1.72 bits per heavy atom. The fourth-order valence-electron chi connectivity index (χ4n) is 0.731. The number of nitrogens with two attached hydrogens (primary N) is 1. The second-order valence-electron chi connectivity index (χ2n) is 2.84. The number of allylic oxidation sites excluding steroid dienone is 2. The van der Waals surface area contributed by atoms with Gasteiger partial charge in [-0.15, -0.1) is 0 Å². The maximum Gasteiger partial charge on any atom is 0.404 e. The monoisotopic (exact) mass is 247 g/mol. The number of benzene rings is 1. The highest BCUT2D eigenvalue weighted by atomic mass is 16.5. The van der Waals surface area contributed by atoms with Crippen LogP contribution in [0.4, 0.5) is 4.79 Å². The lowest BCUT2D eigenvalue weighted by Gasteiger charge is -1.89. The van der Waals surface area contributed by atoms with Crippen LogP contribution in [-0.4, -0.2) is 12.7 Å². The van der Waals surface area contributed by atoms with Gasteiger partial charge in [-0.05, 0) is 12.5 Å². The summed E-state index contributed by atoms with van der Waals surface area (Å²) in [6, 6.07) is 10.0. The summed E-state index contributed by atoms with van der Waals surface area (Å²) in [5, 5.41) is 0. The molecule has 0 unspecified atom stereocenters. The number of amides is 1. The van der Waals surface area contributed by atoms with Gasteiger partial charge in [0.05, 0.1) is 6.61 Å². The third kappa shape index (κ3) is 16.2. The van der Waals surface area contributed by atoms with Crippen LogP contribution in [0.1, 0.15) is 12.5 Å². The minimum atomic E-state index is -0.711. The number of hydrogen-bond acceptors (Lipinski definition) is 2. The molecular weight excluding hydrogens is 226 g/mol. The van der Waals surface area contributed by atoms with Crippen LogP contribution in [0.3, 0.4) is 0 Å². The van der Waals surface area contributed by atoms with E-state index in [2.05, 4.69) is 30.2 Å². The Labute approximate surface area is 109 Å². The van der Waals surface area contributed by atoms with Crippen molar-refractivity contribution in [2.45, 2.75) is 6.92 Å². The molecule has 0 aliphatic carbocycles. The van der Waals surface area contributed by atoms with E-state index in [1.165, 1.54) is 5.56 Å². The van der Waals surface area contributed by atoms with Gasteiger partial charge < -0.3 is 10.5 Å². The summed E-state index contributed by atoms with van der Waals surface area (Å²) in [5.74, 6) is 0. The topological polar surface area (TPSA) is 52.3 Å². The van der Waals surface area contributed by atoms with Gasteiger partial charge in [-0.1, -0.05) is 68.3 Å². The lowest BCUT2D eigenvalue weighted by atomic mass is 10.2. The molecule has 3 heteroatoms. The van der Waals surface area contributed by atoms with E-state index in [0.717, 1.165) is 0 Å². The van der Waals surface area contributed by atoms with Gasteiger partial charge in [0.1, 0.15) is 0 Å². The molecule has 0 aliphatic rings. The summed E-state index contributed by atoms with van der Waals surface area (Å²) in [6.07, 6.45) is 4.40. The standard InChI is InChI=1S/C8H8.C4H6.C3H7NO2/c1-2-8-6-4-3-5-7-8;1-3-4-2;1-2-6-3(4)5/h2-7H,1H2;3-4H,1-2H2;2H2,1H3,(H2,4,5). The molecule has 1 amide bonds. The Kier molecular flexibility index (Phi) is 14.8. The van der Waals surface area contributed by atoms with E-state index >= 15 is 0 Å². The fraction of sp³-hybridized carbons (Fsp3) is 0.133. The molecule has 0 saturated carbocycles. The van der Waals surface area contributed by atoms with Gasteiger partial charge in [-0.3, -0.25) is 0 Å². The van der Waals surface area contributed by atoms with Crippen LogP contribution in [0, 0.1) is 0 Å².